The lowest BCUT2D eigenvalue weighted by atomic mass is 10.0. The number of urea groups is 1. The average Bonchev–Trinajstić information content (AvgIpc) is 2.56. The zero-order valence-corrected chi connectivity index (χ0v) is 13.9. The van der Waals surface area contributed by atoms with Crippen LogP contribution < -0.4 is 20.9 Å². The van der Waals surface area contributed by atoms with E-state index in [1.54, 1.807) is 34.1 Å². The minimum atomic E-state index is -2.66. The summed E-state index contributed by atoms with van der Waals surface area (Å²) in [5, 5.41) is 2.46. The van der Waals surface area contributed by atoms with Crippen molar-refractivity contribution < 1.29 is 21.2 Å². The number of alkyl halides is 2. The third kappa shape index (κ3) is 4.00. The number of amides is 3. The second-order valence-electron chi connectivity index (χ2n) is 6.59. The molecule has 0 saturated carbocycles. The van der Waals surface area contributed by atoms with Crippen molar-refractivity contribution in [1.29, 1.82) is 0 Å². The smallest absolute Gasteiger partial charge is 0.312 e. The minimum Gasteiger partial charge on any atom is -0.365 e. The van der Waals surface area contributed by atoms with Gasteiger partial charge in [-0.1, -0.05) is 0 Å². The summed E-state index contributed by atoms with van der Waals surface area (Å²) in [7, 11) is 0. The molecule has 3 amide bonds. The molecule has 2 heterocycles. The van der Waals surface area contributed by atoms with Gasteiger partial charge >= 0.3 is 6.03 Å². The molecule has 0 bridgehead atoms. The lowest BCUT2D eigenvalue weighted by Gasteiger charge is -2.35. The molecule has 25 heavy (non-hydrogen) atoms. The molecule has 2 aliphatic rings. The zero-order valence-electron chi connectivity index (χ0n) is 13.9. The predicted molar refractivity (Wildman–Crippen MR) is 95.2 cm³/mol. The van der Waals surface area contributed by atoms with Gasteiger partial charge in [0.05, 0.1) is 6.54 Å². The summed E-state index contributed by atoms with van der Waals surface area (Å²) >= 11 is 0. The zero-order chi connectivity index (χ0) is 18.0. The molecular formula is C17H26F2N4O2. The van der Waals surface area contributed by atoms with Crippen molar-refractivity contribution in [2.24, 2.45) is 5.73 Å². The van der Waals surface area contributed by atoms with E-state index in [4.69, 9.17) is 5.73 Å². The molecule has 1 aromatic rings. The van der Waals surface area contributed by atoms with Gasteiger partial charge in [-0.3, -0.25) is 4.79 Å². The average molecular weight is 356 g/mol. The van der Waals surface area contributed by atoms with Crippen LogP contribution in [0.25, 0.3) is 0 Å². The summed E-state index contributed by atoms with van der Waals surface area (Å²) < 4.78 is 27.1. The quantitative estimate of drug-likeness (QED) is 0.874. The van der Waals surface area contributed by atoms with Gasteiger partial charge in [0, 0.05) is 33.7 Å². The lowest BCUT2D eigenvalue weighted by Crippen LogP contribution is -2.53. The number of hydrogen-bond donors (Lipinski definition) is 2. The summed E-state index contributed by atoms with van der Waals surface area (Å²) in [5.41, 5.74) is 6.52. The van der Waals surface area contributed by atoms with E-state index in [9.17, 15) is 18.4 Å². The first kappa shape index (κ1) is 17.4. The molecule has 1 atom stereocenters. The van der Waals surface area contributed by atoms with Gasteiger partial charge in [-0.25, -0.2) is 13.6 Å². The largest absolute Gasteiger partial charge is 0.365 e. The summed E-state index contributed by atoms with van der Waals surface area (Å²) in [6.45, 7) is 0.874. The molecule has 0 spiro atoms. The molecule has 0 unspecified atom stereocenters. The third-order valence-electron chi connectivity index (χ3n) is 4.67. The molecular weight excluding hydrogens is 330 g/mol. The van der Waals surface area contributed by atoms with Crippen LogP contribution in [-0.4, -0.2) is 43.5 Å². The Morgan fingerprint density at radius 1 is 1.20 bits per heavy atom. The van der Waals surface area contributed by atoms with E-state index in [0.717, 1.165) is 12.1 Å². The SMILES string of the molecule is NC(=O)N[C@@H]1CCCN(c2ccc(N3CCCC(F)(F)C3)cc2)C1=O.[HH].[HH]. The number of rotatable bonds is 3. The maximum absolute atomic E-state index is 13.6. The van der Waals surface area contributed by atoms with Crippen molar-refractivity contribution in [3.8, 4) is 0 Å². The van der Waals surface area contributed by atoms with Gasteiger partial charge in [0.1, 0.15) is 6.04 Å². The van der Waals surface area contributed by atoms with Crippen LogP contribution in [0.3, 0.4) is 0 Å². The van der Waals surface area contributed by atoms with Crippen molar-refractivity contribution >= 4 is 23.3 Å². The second kappa shape index (κ2) is 6.85. The van der Waals surface area contributed by atoms with Gasteiger partial charge in [0.25, 0.3) is 5.92 Å². The molecule has 2 aliphatic heterocycles. The minimum absolute atomic E-state index is 0. The van der Waals surface area contributed by atoms with Crippen LogP contribution in [0.5, 0.6) is 0 Å². The van der Waals surface area contributed by atoms with E-state index in [1.807, 2.05) is 0 Å². The van der Waals surface area contributed by atoms with Gasteiger partial charge in [-0.05, 0) is 43.5 Å². The van der Waals surface area contributed by atoms with Crippen LogP contribution in [0.15, 0.2) is 24.3 Å². The third-order valence-corrected chi connectivity index (χ3v) is 4.67. The van der Waals surface area contributed by atoms with Gasteiger partial charge in [0.2, 0.25) is 5.91 Å². The Kier molecular flexibility index (Phi) is 4.78. The van der Waals surface area contributed by atoms with E-state index in [1.165, 1.54) is 0 Å². The number of halogens is 2. The van der Waals surface area contributed by atoms with Gasteiger partial charge in [0.15, 0.2) is 0 Å². The second-order valence-corrected chi connectivity index (χ2v) is 6.59. The number of nitrogens with one attached hydrogen (secondary N) is 1. The first-order valence-electron chi connectivity index (χ1n) is 8.46. The first-order valence-corrected chi connectivity index (χ1v) is 8.46. The summed E-state index contributed by atoms with van der Waals surface area (Å²) in [6, 6.07) is 5.69. The van der Waals surface area contributed by atoms with Crippen LogP contribution in [0, 0.1) is 0 Å². The Labute approximate surface area is 147 Å². The summed E-state index contributed by atoms with van der Waals surface area (Å²) in [4.78, 5) is 26.7. The van der Waals surface area contributed by atoms with Crippen molar-refractivity contribution in [3.05, 3.63) is 24.3 Å². The number of nitrogens with two attached hydrogens (primary N) is 1. The van der Waals surface area contributed by atoms with E-state index in [2.05, 4.69) is 5.32 Å². The molecule has 0 aromatic heterocycles. The lowest BCUT2D eigenvalue weighted by molar-refractivity contribution is -0.121. The first-order chi connectivity index (χ1) is 11.9. The fourth-order valence-electron chi connectivity index (χ4n) is 3.47. The Morgan fingerprint density at radius 2 is 1.88 bits per heavy atom. The van der Waals surface area contributed by atoms with Crippen molar-refractivity contribution in [3.63, 3.8) is 0 Å². The normalized spacial score (nSPS) is 23.4. The maximum Gasteiger partial charge on any atom is 0.312 e. The van der Waals surface area contributed by atoms with E-state index in [0.29, 0.717) is 31.6 Å². The Balaban J connectivity index is 0.00000182. The van der Waals surface area contributed by atoms with Crippen LogP contribution in [0.2, 0.25) is 0 Å². The molecule has 0 radical (unpaired) electrons. The van der Waals surface area contributed by atoms with Gasteiger partial charge in [-0.15, -0.1) is 0 Å². The Morgan fingerprint density at radius 3 is 2.52 bits per heavy atom. The van der Waals surface area contributed by atoms with E-state index >= 15 is 0 Å². The van der Waals surface area contributed by atoms with Crippen LogP contribution in [0.4, 0.5) is 25.0 Å². The number of nitrogens with zero attached hydrogens (tertiary/aromatic N) is 2. The molecule has 140 valence electrons. The number of carbonyl (C=O) groups excluding carboxylic acids is 2. The highest BCUT2D eigenvalue weighted by Crippen LogP contribution is 2.31. The number of carbonyl (C=O) groups is 2. The number of benzene rings is 1. The molecule has 2 saturated heterocycles. The van der Waals surface area contributed by atoms with E-state index in [-0.39, 0.29) is 21.7 Å². The fraction of sp³-hybridized carbons (Fsp3) is 0.529. The van der Waals surface area contributed by atoms with Crippen LogP contribution in [0.1, 0.15) is 28.5 Å². The fourth-order valence-corrected chi connectivity index (χ4v) is 3.47. The highest BCUT2D eigenvalue weighted by Gasteiger charge is 2.35. The van der Waals surface area contributed by atoms with Gasteiger partial charge < -0.3 is 20.9 Å². The Hall–Kier alpha value is -2.38. The molecule has 6 nitrogen and oxygen atoms in total. The van der Waals surface area contributed by atoms with Crippen molar-refractivity contribution in [2.75, 3.05) is 29.4 Å². The molecule has 3 N–H and O–H groups in total. The number of primary amides is 1. The van der Waals surface area contributed by atoms with Crippen molar-refractivity contribution in [1.82, 2.24) is 5.32 Å². The number of anilines is 2. The topological polar surface area (TPSA) is 78.7 Å². The van der Waals surface area contributed by atoms with E-state index < -0.39 is 18.0 Å². The summed E-state index contributed by atoms with van der Waals surface area (Å²) in [6.07, 6.45) is 1.69. The molecule has 1 aromatic carbocycles. The molecule has 8 heteroatoms. The number of piperidine rings is 2. The highest BCUT2D eigenvalue weighted by atomic mass is 19.3. The molecule has 3 rings (SSSR count). The van der Waals surface area contributed by atoms with Crippen LogP contribution >= 0.6 is 0 Å². The molecule has 2 fully saturated rings. The molecule has 0 aliphatic carbocycles. The monoisotopic (exact) mass is 356 g/mol. The maximum atomic E-state index is 13.6. The standard InChI is InChI=1S/C17H22F2N4O2.2H2/c18-17(19)8-2-9-22(11-17)12-4-6-13(7-5-12)23-10-1-3-14(15(23)24)21-16(20)25;;/h4-7,14H,1-3,8-11H2,(H3,20,21,25);2*1H/t14-;;/m1../s1. The van der Waals surface area contributed by atoms with Crippen LogP contribution in [-0.2, 0) is 4.79 Å². The van der Waals surface area contributed by atoms with Crippen molar-refractivity contribution in [2.45, 2.75) is 37.6 Å². The summed E-state index contributed by atoms with van der Waals surface area (Å²) in [5.74, 6) is -2.87. The Bertz CT molecular complexity index is 661. The van der Waals surface area contributed by atoms with Gasteiger partial charge in [-0.2, -0.15) is 0 Å². The predicted octanol–water partition coefficient (Wildman–Crippen LogP) is 2.58. The number of hydrogen-bond acceptors (Lipinski definition) is 3. The highest BCUT2D eigenvalue weighted by molar-refractivity contribution is 5.99.